The van der Waals surface area contributed by atoms with Crippen LogP contribution in [0, 0.1) is 0 Å². The minimum absolute atomic E-state index is 0.167. The quantitative estimate of drug-likeness (QED) is 0.500. The smallest absolute Gasteiger partial charge is 0.126 e. The van der Waals surface area contributed by atoms with Crippen LogP contribution in [-0.2, 0) is 4.79 Å². The van der Waals surface area contributed by atoms with Crippen LogP contribution in [0.1, 0.15) is 20.8 Å². The molecule has 0 aliphatic heterocycles. The van der Waals surface area contributed by atoms with Gasteiger partial charge in [0.25, 0.3) is 0 Å². The van der Waals surface area contributed by atoms with E-state index >= 15 is 0 Å². The first-order chi connectivity index (χ1) is 4.15. The SMILES string of the molecule is CC(C)=O.CCO.CO. The highest BCUT2D eigenvalue weighted by atomic mass is 16.2. The highest BCUT2D eigenvalue weighted by molar-refractivity contribution is 5.72. The Hall–Kier alpha value is -0.410. The molecule has 0 aromatic rings. The summed E-state index contributed by atoms with van der Waals surface area (Å²) in [5.41, 5.74) is 0. The van der Waals surface area contributed by atoms with Crippen LogP contribution < -0.4 is 0 Å². The van der Waals surface area contributed by atoms with Crippen molar-refractivity contribution in [3.05, 3.63) is 0 Å². The van der Waals surface area contributed by atoms with Gasteiger partial charge in [0.1, 0.15) is 5.78 Å². The fraction of sp³-hybridized carbons (Fsp3) is 0.833. The first-order valence-electron chi connectivity index (χ1n) is 2.67. The van der Waals surface area contributed by atoms with Crippen LogP contribution in [0.3, 0.4) is 0 Å². The number of ketones is 1. The van der Waals surface area contributed by atoms with Crippen LogP contribution in [0.25, 0.3) is 0 Å². The lowest BCUT2D eigenvalue weighted by Crippen LogP contribution is -1.69. The molecule has 0 heterocycles. The fourth-order valence-corrected chi connectivity index (χ4v) is 0. The Balaban J connectivity index is -0.0000000646. The summed E-state index contributed by atoms with van der Waals surface area (Å²) >= 11 is 0. The van der Waals surface area contributed by atoms with Gasteiger partial charge in [0.15, 0.2) is 0 Å². The van der Waals surface area contributed by atoms with E-state index in [-0.39, 0.29) is 12.4 Å². The van der Waals surface area contributed by atoms with Crippen LogP contribution in [0.2, 0.25) is 0 Å². The molecule has 0 unspecified atom stereocenters. The standard InChI is InChI=1S/C3H6O.C2H6O.CH4O/c1-3(2)4;1-2-3;1-2/h1-2H3;3H,2H2,1H3;2H,1H3. The number of aliphatic hydroxyl groups excluding tert-OH is 2. The van der Waals surface area contributed by atoms with Crippen molar-refractivity contribution in [2.24, 2.45) is 0 Å². The maximum atomic E-state index is 9.44. The Kier molecular flexibility index (Phi) is 45.0. The second kappa shape index (κ2) is 25.6. The van der Waals surface area contributed by atoms with Crippen LogP contribution in [0.4, 0.5) is 0 Å². The molecule has 0 spiro atoms. The highest BCUT2D eigenvalue weighted by Crippen LogP contribution is 1.50. The molecule has 0 fully saturated rings. The molecule has 58 valence electrons. The summed E-state index contributed by atoms with van der Waals surface area (Å²) < 4.78 is 0. The normalized spacial score (nSPS) is 5.56. The number of rotatable bonds is 0. The molecule has 2 N–H and O–H groups in total. The van der Waals surface area contributed by atoms with E-state index in [0.29, 0.717) is 0 Å². The predicted octanol–water partition coefficient (Wildman–Crippen LogP) is 0.202. The van der Waals surface area contributed by atoms with Crippen molar-refractivity contribution in [2.75, 3.05) is 13.7 Å². The van der Waals surface area contributed by atoms with E-state index in [0.717, 1.165) is 7.11 Å². The van der Waals surface area contributed by atoms with E-state index in [1.807, 2.05) is 0 Å². The zero-order chi connectivity index (χ0) is 8.28. The number of Topliss-reactive ketones (excluding diaryl/α,β-unsaturated/α-hetero) is 1. The van der Waals surface area contributed by atoms with Gasteiger partial charge in [-0.25, -0.2) is 0 Å². The van der Waals surface area contributed by atoms with Gasteiger partial charge in [-0.15, -0.1) is 0 Å². The molecular weight excluding hydrogens is 120 g/mol. The molecule has 0 radical (unpaired) electrons. The zero-order valence-electron chi connectivity index (χ0n) is 6.51. The van der Waals surface area contributed by atoms with Gasteiger partial charge >= 0.3 is 0 Å². The molecule has 0 aromatic heterocycles. The van der Waals surface area contributed by atoms with Crippen molar-refractivity contribution >= 4 is 5.78 Å². The van der Waals surface area contributed by atoms with E-state index in [4.69, 9.17) is 10.2 Å². The van der Waals surface area contributed by atoms with E-state index in [2.05, 4.69) is 0 Å². The molecule has 0 aliphatic carbocycles. The Morgan fingerprint density at radius 2 is 1.33 bits per heavy atom. The number of hydrogen-bond acceptors (Lipinski definition) is 3. The van der Waals surface area contributed by atoms with Gasteiger partial charge in [-0.3, -0.25) is 0 Å². The van der Waals surface area contributed by atoms with E-state index < -0.39 is 0 Å². The molecule has 0 amide bonds. The molecular formula is C6H16O3. The first kappa shape index (κ1) is 15.8. The largest absolute Gasteiger partial charge is 0.400 e. The summed E-state index contributed by atoms with van der Waals surface area (Å²) in [5.74, 6) is 0.167. The molecule has 0 atom stereocenters. The van der Waals surface area contributed by atoms with Crippen LogP contribution in [-0.4, -0.2) is 29.7 Å². The van der Waals surface area contributed by atoms with Gasteiger partial charge < -0.3 is 15.0 Å². The average Bonchev–Trinajstić information content (AvgIpc) is 1.71. The molecule has 0 saturated carbocycles. The van der Waals surface area contributed by atoms with Crippen molar-refractivity contribution < 1.29 is 15.0 Å². The number of aliphatic hydroxyl groups is 2. The monoisotopic (exact) mass is 136 g/mol. The Morgan fingerprint density at radius 3 is 1.33 bits per heavy atom. The van der Waals surface area contributed by atoms with E-state index in [1.165, 1.54) is 13.8 Å². The minimum atomic E-state index is 0.167. The second-order valence-corrected chi connectivity index (χ2v) is 1.22. The molecule has 9 heavy (non-hydrogen) atoms. The lowest BCUT2D eigenvalue weighted by Gasteiger charge is -1.56. The average molecular weight is 136 g/mol. The molecule has 3 nitrogen and oxygen atoms in total. The highest BCUT2D eigenvalue weighted by Gasteiger charge is 1.62. The number of carbonyl (C=O) groups excluding carboxylic acids is 1. The Bertz CT molecular complexity index is 39.6. The molecule has 0 bridgehead atoms. The van der Waals surface area contributed by atoms with Gasteiger partial charge in [-0.2, -0.15) is 0 Å². The first-order valence-corrected chi connectivity index (χ1v) is 2.67. The van der Waals surface area contributed by atoms with Crippen molar-refractivity contribution in [2.45, 2.75) is 20.8 Å². The summed E-state index contributed by atoms with van der Waals surface area (Å²) in [5, 5.41) is 14.6. The lowest BCUT2D eigenvalue weighted by atomic mass is 10.6. The molecule has 0 rings (SSSR count). The van der Waals surface area contributed by atoms with Gasteiger partial charge in [0.2, 0.25) is 0 Å². The number of carbonyl (C=O) groups is 1. The molecule has 0 aliphatic rings. The van der Waals surface area contributed by atoms with E-state index in [9.17, 15) is 4.79 Å². The van der Waals surface area contributed by atoms with Gasteiger partial charge in [-0.1, -0.05) is 0 Å². The topological polar surface area (TPSA) is 57.5 Å². The zero-order valence-corrected chi connectivity index (χ0v) is 6.51. The number of hydrogen-bond donors (Lipinski definition) is 2. The Labute approximate surface area is 56.3 Å². The van der Waals surface area contributed by atoms with Crippen LogP contribution >= 0.6 is 0 Å². The molecule has 0 aromatic carbocycles. The Morgan fingerprint density at radius 1 is 1.33 bits per heavy atom. The summed E-state index contributed by atoms with van der Waals surface area (Å²) in [4.78, 5) is 9.44. The maximum absolute atomic E-state index is 9.44. The lowest BCUT2D eigenvalue weighted by molar-refractivity contribution is -0.114. The van der Waals surface area contributed by atoms with Gasteiger partial charge in [-0.05, 0) is 20.8 Å². The fourth-order valence-electron chi connectivity index (χ4n) is 0. The van der Waals surface area contributed by atoms with Crippen LogP contribution in [0.15, 0.2) is 0 Å². The van der Waals surface area contributed by atoms with Gasteiger partial charge in [0, 0.05) is 13.7 Å². The summed E-state index contributed by atoms with van der Waals surface area (Å²) in [7, 11) is 1.00. The van der Waals surface area contributed by atoms with E-state index in [1.54, 1.807) is 6.92 Å². The summed E-state index contributed by atoms with van der Waals surface area (Å²) in [6.07, 6.45) is 0. The predicted molar refractivity (Wildman–Crippen MR) is 37.3 cm³/mol. The molecule has 0 saturated heterocycles. The van der Waals surface area contributed by atoms with Gasteiger partial charge in [0.05, 0.1) is 0 Å². The third-order valence-electron chi connectivity index (χ3n) is 0. The minimum Gasteiger partial charge on any atom is -0.400 e. The van der Waals surface area contributed by atoms with Crippen molar-refractivity contribution in [1.29, 1.82) is 0 Å². The van der Waals surface area contributed by atoms with Crippen molar-refractivity contribution in [1.82, 2.24) is 0 Å². The summed E-state index contributed by atoms with van der Waals surface area (Å²) in [6, 6.07) is 0. The van der Waals surface area contributed by atoms with Crippen LogP contribution in [0.5, 0.6) is 0 Å². The summed E-state index contributed by atoms with van der Waals surface area (Å²) in [6.45, 7) is 4.99. The van der Waals surface area contributed by atoms with Crippen molar-refractivity contribution in [3.63, 3.8) is 0 Å². The third-order valence-corrected chi connectivity index (χ3v) is 0. The van der Waals surface area contributed by atoms with Crippen molar-refractivity contribution in [3.8, 4) is 0 Å². The third kappa shape index (κ3) is 1410. The second-order valence-electron chi connectivity index (χ2n) is 1.22. The molecule has 3 heteroatoms. The maximum Gasteiger partial charge on any atom is 0.126 e.